The minimum atomic E-state index is -4.80. The first kappa shape index (κ1) is 23.1. The highest BCUT2D eigenvalue weighted by Crippen LogP contribution is 2.40. The number of halogens is 3. The molecule has 0 saturated carbocycles. The minimum absolute atomic E-state index is 0.0474. The van der Waals surface area contributed by atoms with Crippen LogP contribution in [0.3, 0.4) is 0 Å². The zero-order valence-corrected chi connectivity index (χ0v) is 18.7. The van der Waals surface area contributed by atoms with Gasteiger partial charge >= 0.3 is 6.18 Å². The molecule has 1 aliphatic rings. The number of nitrogens with zero attached hydrogens (tertiary/aromatic N) is 4. The van der Waals surface area contributed by atoms with Crippen molar-refractivity contribution >= 4 is 15.7 Å². The van der Waals surface area contributed by atoms with Crippen LogP contribution in [0.2, 0.25) is 0 Å². The van der Waals surface area contributed by atoms with E-state index < -0.39 is 27.3 Å². The molecular weight excluding hydrogens is 429 g/mol. The molecule has 0 amide bonds. The second kappa shape index (κ2) is 7.86. The third-order valence-electron chi connectivity index (χ3n) is 5.46. The Balaban J connectivity index is 2.22. The first-order chi connectivity index (χ1) is 14.2. The summed E-state index contributed by atoms with van der Waals surface area (Å²) in [5.41, 5.74) is -1.68. The van der Waals surface area contributed by atoms with Gasteiger partial charge in [-0.25, -0.2) is 13.1 Å². The van der Waals surface area contributed by atoms with E-state index in [2.05, 4.69) is 25.9 Å². The molecule has 0 aliphatic carbocycles. The molecular formula is C21H25F3N4O2S. The number of nitriles is 1. The van der Waals surface area contributed by atoms with Gasteiger partial charge in [0.25, 0.3) is 0 Å². The first-order valence-electron chi connectivity index (χ1n) is 9.89. The van der Waals surface area contributed by atoms with Crippen molar-refractivity contribution in [3.8, 4) is 11.8 Å². The van der Waals surface area contributed by atoms with E-state index in [4.69, 9.17) is 0 Å². The lowest BCUT2D eigenvalue weighted by Gasteiger charge is -2.31. The molecule has 1 atom stereocenters. The van der Waals surface area contributed by atoms with Gasteiger partial charge in [0.15, 0.2) is 21.3 Å². The van der Waals surface area contributed by atoms with Crippen LogP contribution in [0.25, 0.3) is 5.69 Å². The van der Waals surface area contributed by atoms with E-state index in [9.17, 15) is 26.9 Å². The van der Waals surface area contributed by atoms with Gasteiger partial charge in [0.1, 0.15) is 11.6 Å². The van der Waals surface area contributed by atoms with E-state index in [0.29, 0.717) is 19.0 Å². The lowest BCUT2D eigenvalue weighted by Crippen LogP contribution is -2.34. The predicted molar refractivity (Wildman–Crippen MR) is 111 cm³/mol. The molecule has 168 valence electrons. The number of sulfone groups is 1. The van der Waals surface area contributed by atoms with Crippen LogP contribution in [0.5, 0.6) is 0 Å². The molecule has 1 aromatic heterocycles. The SMILES string of the molecule is CC1CCN(c2c(C#N)c(C(F)(F)F)nn2-c2ccc(S(C)(=O)=O)cc2)CC(C)(C)C1. The summed E-state index contributed by atoms with van der Waals surface area (Å²) in [5.74, 6) is 0.474. The van der Waals surface area contributed by atoms with Crippen LogP contribution in [0.1, 0.15) is 44.9 Å². The highest BCUT2D eigenvalue weighted by molar-refractivity contribution is 7.90. The van der Waals surface area contributed by atoms with Gasteiger partial charge in [0.2, 0.25) is 0 Å². The Morgan fingerprint density at radius 1 is 1.23 bits per heavy atom. The molecule has 0 N–H and O–H groups in total. The molecule has 6 nitrogen and oxygen atoms in total. The van der Waals surface area contributed by atoms with Crippen LogP contribution in [0.4, 0.5) is 19.0 Å². The van der Waals surface area contributed by atoms with E-state index in [1.165, 1.54) is 24.3 Å². The molecule has 2 heterocycles. The highest BCUT2D eigenvalue weighted by atomic mass is 32.2. The molecule has 0 spiro atoms. The summed E-state index contributed by atoms with van der Waals surface area (Å²) in [7, 11) is -3.46. The fourth-order valence-electron chi connectivity index (χ4n) is 4.28. The van der Waals surface area contributed by atoms with Gasteiger partial charge in [-0.15, -0.1) is 0 Å². The normalized spacial score (nSPS) is 19.7. The van der Waals surface area contributed by atoms with Gasteiger partial charge < -0.3 is 4.90 Å². The van der Waals surface area contributed by atoms with E-state index in [1.54, 1.807) is 11.0 Å². The standard InChI is InChI=1S/C21H25F3N4O2S/c1-14-9-10-27(13-20(2,3)11-14)19-17(12-25)18(21(22,23)24)26-28(19)15-5-7-16(8-6-15)31(4,29)30/h5-8,14H,9-11,13H2,1-4H3. The Labute approximate surface area is 180 Å². The molecule has 31 heavy (non-hydrogen) atoms. The third-order valence-corrected chi connectivity index (χ3v) is 6.59. The summed E-state index contributed by atoms with van der Waals surface area (Å²) in [4.78, 5) is 1.85. The molecule has 3 rings (SSSR count). The highest BCUT2D eigenvalue weighted by Gasteiger charge is 2.42. The molecule has 1 aromatic carbocycles. The Hall–Kier alpha value is -2.54. The van der Waals surface area contributed by atoms with Crippen LogP contribution in [-0.4, -0.2) is 37.5 Å². The van der Waals surface area contributed by atoms with Crippen molar-refractivity contribution in [3.05, 3.63) is 35.5 Å². The van der Waals surface area contributed by atoms with E-state index in [1.807, 2.05) is 0 Å². The van der Waals surface area contributed by atoms with Crippen LogP contribution in [0, 0.1) is 22.7 Å². The lowest BCUT2D eigenvalue weighted by molar-refractivity contribution is -0.141. The van der Waals surface area contributed by atoms with Gasteiger partial charge in [-0.3, -0.25) is 0 Å². The van der Waals surface area contributed by atoms with E-state index in [0.717, 1.165) is 23.8 Å². The minimum Gasteiger partial charge on any atom is -0.355 e. The number of rotatable bonds is 3. The molecule has 1 aliphatic heterocycles. The fourth-order valence-corrected chi connectivity index (χ4v) is 4.91. The summed E-state index contributed by atoms with van der Waals surface area (Å²) >= 11 is 0. The molecule has 1 saturated heterocycles. The largest absolute Gasteiger partial charge is 0.436 e. The van der Waals surface area contributed by atoms with Gasteiger partial charge in [-0.1, -0.05) is 20.8 Å². The van der Waals surface area contributed by atoms with Crippen LogP contribution >= 0.6 is 0 Å². The number of hydrogen-bond acceptors (Lipinski definition) is 5. The number of aromatic nitrogens is 2. The first-order valence-corrected chi connectivity index (χ1v) is 11.8. The monoisotopic (exact) mass is 454 g/mol. The van der Waals surface area contributed by atoms with Gasteiger partial charge in [0, 0.05) is 19.3 Å². The van der Waals surface area contributed by atoms with Crippen molar-refractivity contribution in [1.82, 2.24) is 9.78 Å². The van der Waals surface area contributed by atoms with Crippen molar-refractivity contribution in [2.45, 2.75) is 44.7 Å². The topological polar surface area (TPSA) is 79.0 Å². The Morgan fingerprint density at radius 3 is 2.35 bits per heavy atom. The van der Waals surface area contributed by atoms with Crippen LogP contribution in [-0.2, 0) is 16.0 Å². The average molecular weight is 455 g/mol. The quantitative estimate of drug-likeness (QED) is 0.686. The number of alkyl halides is 3. The second-order valence-corrected chi connectivity index (χ2v) is 11.0. The average Bonchev–Trinajstić information content (AvgIpc) is 2.97. The smallest absolute Gasteiger partial charge is 0.355 e. The van der Waals surface area contributed by atoms with Gasteiger partial charge in [-0.05, 0) is 48.4 Å². The lowest BCUT2D eigenvalue weighted by atomic mass is 9.83. The Bertz CT molecular complexity index is 1110. The van der Waals surface area contributed by atoms with Crippen molar-refractivity contribution in [3.63, 3.8) is 0 Å². The molecule has 1 unspecified atom stereocenters. The fraction of sp³-hybridized carbons (Fsp3) is 0.524. The molecule has 0 bridgehead atoms. The van der Waals surface area contributed by atoms with Crippen molar-refractivity contribution in [2.75, 3.05) is 24.2 Å². The molecule has 2 aromatic rings. The van der Waals surface area contributed by atoms with Crippen LogP contribution < -0.4 is 4.90 Å². The zero-order valence-electron chi connectivity index (χ0n) is 17.9. The zero-order chi connectivity index (χ0) is 23.2. The van der Waals surface area contributed by atoms with Crippen molar-refractivity contribution in [1.29, 1.82) is 5.26 Å². The third kappa shape index (κ3) is 4.87. The summed E-state index contributed by atoms with van der Waals surface area (Å²) in [6.07, 6.45) is -2.06. The second-order valence-electron chi connectivity index (χ2n) is 9.02. The van der Waals surface area contributed by atoms with Gasteiger partial charge in [-0.2, -0.15) is 23.5 Å². The predicted octanol–water partition coefficient (Wildman–Crippen LogP) is 4.43. The van der Waals surface area contributed by atoms with Crippen LogP contribution in [0.15, 0.2) is 29.2 Å². The summed E-state index contributed by atoms with van der Waals surface area (Å²) in [5, 5.41) is 13.4. The summed E-state index contributed by atoms with van der Waals surface area (Å²) in [6.45, 7) is 7.18. The van der Waals surface area contributed by atoms with E-state index >= 15 is 0 Å². The summed E-state index contributed by atoms with van der Waals surface area (Å²) in [6, 6.07) is 7.16. The Kier molecular flexibility index (Phi) is 5.86. The molecule has 10 heteroatoms. The number of hydrogen-bond donors (Lipinski definition) is 0. The van der Waals surface area contributed by atoms with Gasteiger partial charge in [0.05, 0.1) is 10.6 Å². The van der Waals surface area contributed by atoms with Crippen molar-refractivity contribution in [2.24, 2.45) is 11.3 Å². The maximum atomic E-state index is 13.7. The molecule has 0 radical (unpaired) electrons. The molecule has 1 fully saturated rings. The summed E-state index contributed by atoms with van der Waals surface area (Å²) < 4.78 is 65.7. The maximum Gasteiger partial charge on any atom is 0.436 e. The van der Waals surface area contributed by atoms with Crippen molar-refractivity contribution < 1.29 is 21.6 Å². The maximum absolute atomic E-state index is 13.7. The Morgan fingerprint density at radius 2 is 1.84 bits per heavy atom. The van der Waals surface area contributed by atoms with E-state index in [-0.39, 0.29) is 21.8 Å². The number of benzene rings is 1. The number of anilines is 1.